The highest BCUT2D eigenvalue weighted by molar-refractivity contribution is 7.89. The molecule has 2 fully saturated rings. The summed E-state index contributed by atoms with van der Waals surface area (Å²) in [4.78, 5) is 15.5. The lowest BCUT2D eigenvalue weighted by atomic mass is 9.97. The van der Waals surface area contributed by atoms with Gasteiger partial charge in [-0.2, -0.15) is 4.31 Å². The predicted molar refractivity (Wildman–Crippen MR) is 127 cm³/mol. The zero-order chi connectivity index (χ0) is 22.6. The van der Waals surface area contributed by atoms with Gasteiger partial charge in [-0.05, 0) is 80.7 Å². The van der Waals surface area contributed by atoms with E-state index in [4.69, 9.17) is 11.6 Å². The Morgan fingerprint density at radius 1 is 0.969 bits per heavy atom. The number of likely N-dealkylation sites (tertiary alicyclic amines) is 1. The van der Waals surface area contributed by atoms with E-state index in [-0.39, 0.29) is 16.7 Å². The predicted octanol–water partition coefficient (Wildman–Crippen LogP) is 4.37. The molecule has 0 aliphatic carbocycles. The number of benzene rings is 2. The molecule has 2 saturated heterocycles. The molecule has 0 unspecified atom stereocenters. The molecule has 32 heavy (non-hydrogen) atoms. The second-order valence-electron chi connectivity index (χ2n) is 8.66. The van der Waals surface area contributed by atoms with Crippen molar-refractivity contribution in [3.63, 3.8) is 0 Å². The number of hydrogen-bond acceptors (Lipinski definition) is 4. The van der Waals surface area contributed by atoms with Crippen LogP contribution in [0.2, 0.25) is 5.02 Å². The fraction of sp³-hybridized carbons (Fsp3) is 0.458. The fourth-order valence-corrected chi connectivity index (χ4v) is 6.08. The molecule has 4 rings (SSSR count). The van der Waals surface area contributed by atoms with Crippen molar-refractivity contribution in [3.05, 3.63) is 59.1 Å². The summed E-state index contributed by atoms with van der Waals surface area (Å²) in [6.07, 6.45) is 4.83. The van der Waals surface area contributed by atoms with Gasteiger partial charge in [0.2, 0.25) is 15.9 Å². The van der Waals surface area contributed by atoms with Crippen molar-refractivity contribution < 1.29 is 13.2 Å². The van der Waals surface area contributed by atoms with Crippen LogP contribution in [0.3, 0.4) is 0 Å². The molecular weight excluding hydrogens is 446 g/mol. The molecule has 2 heterocycles. The maximum atomic E-state index is 12.8. The third kappa shape index (κ3) is 5.70. The Kier molecular flexibility index (Phi) is 7.51. The topological polar surface area (TPSA) is 69.7 Å². The number of sulfonamides is 1. The van der Waals surface area contributed by atoms with E-state index in [1.165, 1.54) is 41.3 Å². The Bertz CT molecular complexity index is 1030. The fourth-order valence-electron chi connectivity index (χ4n) is 4.48. The van der Waals surface area contributed by atoms with Gasteiger partial charge in [-0.1, -0.05) is 30.2 Å². The molecule has 0 atom stereocenters. The van der Waals surface area contributed by atoms with E-state index in [1.54, 1.807) is 12.1 Å². The first-order valence-corrected chi connectivity index (χ1v) is 13.1. The monoisotopic (exact) mass is 475 g/mol. The SMILES string of the molecule is O=C(Nc1cccc(CN2CCCCC2)c1)C1CCN(S(=O)(=O)c2ccc(Cl)cc2)CC1. The molecule has 2 aliphatic rings. The normalized spacial score (nSPS) is 19.0. The summed E-state index contributed by atoms with van der Waals surface area (Å²) in [6, 6.07) is 14.2. The molecule has 0 saturated carbocycles. The molecule has 0 radical (unpaired) electrons. The first-order chi connectivity index (χ1) is 15.4. The van der Waals surface area contributed by atoms with E-state index >= 15 is 0 Å². The van der Waals surface area contributed by atoms with Gasteiger partial charge in [-0.15, -0.1) is 0 Å². The number of nitrogens with zero attached hydrogens (tertiary/aromatic N) is 2. The highest BCUT2D eigenvalue weighted by atomic mass is 35.5. The molecule has 2 aromatic rings. The van der Waals surface area contributed by atoms with Gasteiger partial charge in [-0.3, -0.25) is 9.69 Å². The molecule has 0 aromatic heterocycles. The van der Waals surface area contributed by atoms with Gasteiger partial charge in [0.25, 0.3) is 0 Å². The Hall–Kier alpha value is -1.93. The Morgan fingerprint density at radius 3 is 2.34 bits per heavy atom. The van der Waals surface area contributed by atoms with Crippen LogP contribution < -0.4 is 5.32 Å². The number of carbonyl (C=O) groups excluding carboxylic acids is 1. The summed E-state index contributed by atoms with van der Waals surface area (Å²) >= 11 is 5.87. The molecule has 2 aromatic carbocycles. The number of nitrogens with one attached hydrogen (secondary N) is 1. The molecule has 6 nitrogen and oxygen atoms in total. The van der Waals surface area contributed by atoms with Crippen LogP contribution in [-0.2, 0) is 21.4 Å². The lowest BCUT2D eigenvalue weighted by Gasteiger charge is -2.30. The van der Waals surface area contributed by atoms with Crippen molar-refractivity contribution in [2.24, 2.45) is 5.92 Å². The van der Waals surface area contributed by atoms with Crippen LogP contribution in [0.15, 0.2) is 53.4 Å². The average molecular weight is 476 g/mol. The number of amides is 1. The van der Waals surface area contributed by atoms with Crippen molar-refractivity contribution >= 4 is 33.2 Å². The number of carbonyl (C=O) groups is 1. The van der Waals surface area contributed by atoms with Gasteiger partial charge in [-0.25, -0.2) is 8.42 Å². The first-order valence-electron chi connectivity index (χ1n) is 11.3. The van der Waals surface area contributed by atoms with Crippen molar-refractivity contribution in [1.82, 2.24) is 9.21 Å². The zero-order valence-corrected chi connectivity index (χ0v) is 19.7. The average Bonchev–Trinajstić information content (AvgIpc) is 2.80. The van der Waals surface area contributed by atoms with Crippen LogP contribution in [0.4, 0.5) is 5.69 Å². The minimum atomic E-state index is -3.57. The van der Waals surface area contributed by atoms with E-state index in [1.807, 2.05) is 18.2 Å². The summed E-state index contributed by atoms with van der Waals surface area (Å²) in [5.41, 5.74) is 2.01. The molecule has 1 amide bonds. The van der Waals surface area contributed by atoms with Crippen LogP contribution in [0.5, 0.6) is 0 Å². The van der Waals surface area contributed by atoms with Gasteiger partial charge in [0.1, 0.15) is 0 Å². The van der Waals surface area contributed by atoms with Gasteiger partial charge < -0.3 is 5.32 Å². The Morgan fingerprint density at radius 2 is 1.66 bits per heavy atom. The second-order valence-corrected chi connectivity index (χ2v) is 11.0. The summed E-state index contributed by atoms with van der Waals surface area (Å²) in [6.45, 7) is 3.84. The summed E-state index contributed by atoms with van der Waals surface area (Å²) in [7, 11) is -3.57. The Balaban J connectivity index is 1.32. The molecule has 172 valence electrons. The molecule has 2 aliphatic heterocycles. The summed E-state index contributed by atoms with van der Waals surface area (Å²) < 4.78 is 27.1. The minimum Gasteiger partial charge on any atom is -0.326 e. The highest BCUT2D eigenvalue weighted by Gasteiger charge is 2.32. The first kappa shape index (κ1) is 23.2. The van der Waals surface area contributed by atoms with Gasteiger partial charge in [0.05, 0.1) is 4.90 Å². The van der Waals surface area contributed by atoms with E-state index in [2.05, 4.69) is 16.3 Å². The van der Waals surface area contributed by atoms with E-state index in [0.717, 1.165) is 25.3 Å². The zero-order valence-electron chi connectivity index (χ0n) is 18.2. The minimum absolute atomic E-state index is 0.0383. The van der Waals surface area contributed by atoms with Gasteiger partial charge in [0.15, 0.2) is 0 Å². The number of anilines is 1. The van der Waals surface area contributed by atoms with Crippen LogP contribution >= 0.6 is 11.6 Å². The number of piperidine rings is 2. The van der Waals surface area contributed by atoms with E-state index in [9.17, 15) is 13.2 Å². The lowest BCUT2D eigenvalue weighted by molar-refractivity contribution is -0.120. The van der Waals surface area contributed by atoms with Gasteiger partial charge >= 0.3 is 0 Å². The lowest BCUT2D eigenvalue weighted by Crippen LogP contribution is -2.41. The van der Waals surface area contributed by atoms with E-state index in [0.29, 0.717) is 31.0 Å². The summed E-state index contributed by atoms with van der Waals surface area (Å²) in [5.74, 6) is -0.235. The maximum Gasteiger partial charge on any atom is 0.243 e. The van der Waals surface area contributed by atoms with Crippen molar-refractivity contribution in [2.45, 2.75) is 43.5 Å². The smallest absolute Gasteiger partial charge is 0.243 e. The number of rotatable bonds is 6. The quantitative estimate of drug-likeness (QED) is 0.673. The number of halogens is 1. The van der Waals surface area contributed by atoms with Crippen LogP contribution in [0.25, 0.3) is 0 Å². The largest absolute Gasteiger partial charge is 0.326 e. The highest BCUT2D eigenvalue weighted by Crippen LogP contribution is 2.26. The van der Waals surface area contributed by atoms with Crippen LogP contribution in [0.1, 0.15) is 37.7 Å². The van der Waals surface area contributed by atoms with Crippen LogP contribution in [0, 0.1) is 5.92 Å². The number of hydrogen-bond donors (Lipinski definition) is 1. The van der Waals surface area contributed by atoms with Crippen molar-refractivity contribution in [1.29, 1.82) is 0 Å². The molecule has 0 spiro atoms. The van der Waals surface area contributed by atoms with Crippen molar-refractivity contribution in [3.8, 4) is 0 Å². The molecule has 1 N–H and O–H groups in total. The summed E-state index contributed by atoms with van der Waals surface area (Å²) in [5, 5.41) is 3.54. The third-order valence-electron chi connectivity index (χ3n) is 6.33. The molecule has 0 bridgehead atoms. The molecule has 8 heteroatoms. The van der Waals surface area contributed by atoms with E-state index < -0.39 is 10.0 Å². The second kappa shape index (κ2) is 10.3. The Labute approximate surface area is 195 Å². The molecular formula is C24H30ClN3O3S. The van der Waals surface area contributed by atoms with Crippen molar-refractivity contribution in [2.75, 3.05) is 31.5 Å². The third-order valence-corrected chi connectivity index (χ3v) is 8.49. The standard InChI is InChI=1S/C24H30ClN3O3S/c25-21-7-9-23(10-8-21)32(30,31)28-15-11-20(12-16-28)24(29)26-22-6-4-5-19(17-22)18-27-13-2-1-3-14-27/h4-10,17,20H,1-3,11-16,18H2,(H,26,29). The van der Waals surface area contributed by atoms with Crippen LogP contribution in [-0.4, -0.2) is 49.7 Å². The maximum absolute atomic E-state index is 12.8. The van der Waals surface area contributed by atoms with Gasteiger partial charge in [0, 0.05) is 36.3 Å².